The van der Waals surface area contributed by atoms with Crippen molar-refractivity contribution in [3.8, 4) is 0 Å². The summed E-state index contributed by atoms with van der Waals surface area (Å²) in [5, 5.41) is 0. The third-order valence-corrected chi connectivity index (χ3v) is 3.56. The number of anilines is 2. The molecule has 5 heteroatoms. The number of aryl methyl sites for hydroxylation is 1. The van der Waals surface area contributed by atoms with Gasteiger partial charge >= 0.3 is 0 Å². The van der Waals surface area contributed by atoms with E-state index < -0.39 is 0 Å². The third-order valence-electron chi connectivity index (χ3n) is 3.56. The largest absolute Gasteiger partial charge is 0.334 e. The van der Waals surface area contributed by atoms with Gasteiger partial charge < -0.3 is 9.47 Å². The van der Waals surface area contributed by atoms with Gasteiger partial charge in [0, 0.05) is 25.8 Å². The summed E-state index contributed by atoms with van der Waals surface area (Å²) in [5.74, 6) is 0.862. The Balaban J connectivity index is 1.91. The van der Waals surface area contributed by atoms with Crippen molar-refractivity contribution in [2.24, 2.45) is 7.05 Å². The highest BCUT2D eigenvalue weighted by Crippen LogP contribution is 2.24. The maximum atomic E-state index is 6.76. The van der Waals surface area contributed by atoms with Crippen molar-refractivity contribution in [2.45, 2.75) is 0 Å². The van der Waals surface area contributed by atoms with Gasteiger partial charge in [-0.1, -0.05) is 18.2 Å². The van der Waals surface area contributed by atoms with Crippen molar-refractivity contribution >= 4 is 28.6 Å². The van der Waals surface area contributed by atoms with E-state index in [9.17, 15) is 0 Å². The maximum absolute atomic E-state index is 6.76. The minimum Gasteiger partial charge on any atom is -0.334 e. The minimum absolute atomic E-state index is 0.862. The molecule has 2 aromatic heterocycles. The molecule has 3 rings (SSSR count). The van der Waals surface area contributed by atoms with Crippen LogP contribution in [0.4, 0.5) is 11.5 Å². The van der Waals surface area contributed by atoms with Crippen LogP contribution in [0.1, 0.15) is 5.56 Å². The number of pyridine rings is 1. The van der Waals surface area contributed by atoms with Crippen LogP contribution in [-0.4, -0.2) is 21.6 Å². The molecule has 0 fully saturated rings. The Labute approximate surface area is 129 Å². The van der Waals surface area contributed by atoms with E-state index in [-0.39, 0.29) is 0 Å². The van der Waals surface area contributed by atoms with Crippen molar-refractivity contribution in [2.75, 3.05) is 11.9 Å². The van der Waals surface area contributed by atoms with Crippen LogP contribution < -0.4 is 4.90 Å². The van der Waals surface area contributed by atoms with E-state index in [2.05, 4.69) is 14.8 Å². The normalized spacial score (nSPS) is 11.0. The molecule has 108 valence electrons. The van der Waals surface area contributed by atoms with Crippen molar-refractivity contribution in [3.05, 3.63) is 66.0 Å². The number of nitrogens with zero attached hydrogens (tertiary/aromatic N) is 5. The molecule has 0 spiro atoms. The third kappa shape index (κ3) is 2.54. The van der Waals surface area contributed by atoms with Gasteiger partial charge in [0.25, 0.3) is 0 Å². The molecule has 0 aliphatic heterocycles. The zero-order valence-corrected chi connectivity index (χ0v) is 12.4. The fraction of sp³-hybridized carbons (Fsp3) is 0.118. The summed E-state index contributed by atoms with van der Waals surface area (Å²) in [5.41, 5.74) is 3.98. The van der Waals surface area contributed by atoms with Crippen LogP contribution in [0.2, 0.25) is 0 Å². The molecule has 0 atom stereocenters. The molecule has 0 aliphatic rings. The lowest BCUT2D eigenvalue weighted by Crippen LogP contribution is -2.11. The van der Waals surface area contributed by atoms with E-state index in [4.69, 9.17) is 6.57 Å². The van der Waals surface area contributed by atoms with Crippen molar-refractivity contribution in [1.29, 1.82) is 0 Å². The molecule has 0 saturated heterocycles. The van der Waals surface area contributed by atoms with Crippen LogP contribution in [0.5, 0.6) is 0 Å². The molecule has 22 heavy (non-hydrogen) atoms. The molecule has 0 bridgehead atoms. The van der Waals surface area contributed by atoms with E-state index in [1.165, 1.54) is 6.20 Å². The van der Waals surface area contributed by atoms with Gasteiger partial charge in [0.05, 0.1) is 24.6 Å². The van der Waals surface area contributed by atoms with Gasteiger partial charge in [0.1, 0.15) is 11.3 Å². The lowest BCUT2D eigenvalue weighted by Gasteiger charge is -2.18. The first kappa shape index (κ1) is 13.8. The summed E-state index contributed by atoms with van der Waals surface area (Å²) >= 11 is 0. The van der Waals surface area contributed by atoms with Gasteiger partial charge in [-0.2, -0.15) is 0 Å². The quantitative estimate of drug-likeness (QED) is 0.691. The van der Waals surface area contributed by atoms with E-state index in [0.717, 1.165) is 28.1 Å². The number of hydrogen-bond acceptors (Lipinski definition) is 3. The van der Waals surface area contributed by atoms with Gasteiger partial charge in [-0.05, 0) is 17.7 Å². The molecular weight excluding hydrogens is 274 g/mol. The SMILES string of the molecule is [C-]#[N+]/C=C/c1ccc(N(C)c2cc3c(cn2)ncn3C)cc1. The van der Waals surface area contributed by atoms with Crippen LogP contribution in [0.15, 0.2) is 49.1 Å². The summed E-state index contributed by atoms with van der Waals surface area (Å²) in [6, 6.07) is 10.0. The lowest BCUT2D eigenvalue weighted by atomic mass is 10.2. The predicted molar refractivity (Wildman–Crippen MR) is 88.7 cm³/mol. The number of hydrogen-bond donors (Lipinski definition) is 0. The number of benzene rings is 1. The van der Waals surface area contributed by atoms with E-state index in [1.54, 1.807) is 18.6 Å². The molecule has 0 unspecified atom stereocenters. The van der Waals surface area contributed by atoms with Crippen molar-refractivity contribution in [3.63, 3.8) is 0 Å². The first-order valence-electron chi connectivity index (χ1n) is 6.83. The second kappa shape index (κ2) is 5.70. The molecular formula is C17H15N5. The molecule has 0 amide bonds. The first-order valence-corrected chi connectivity index (χ1v) is 6.83. The topological polar surface area (TPSA) is 38.3 Å². The number of aromatic nitrogens is 3. The Morgan fingerprint density at radius 2 is 2.00 bits per heavy atom. The maximum Gasteiger partial charge on any atom is 0.154 e. The molecule has 5 nitrogen and oxygen atoms in total. The fourth-order valence-electron chi connectivity index (χ4n) is 2.27. The van der Waals surface area contributed by atoms with Gasteiger partial charge in [-0.25, -0.2) is 14.8 Å². The Morgan fingerprint density at radius 1 is 1.23 bits per heavy atom. The number of imidazole rings is 1. The second-order valence-electron chi connectivity index (χ2n) is 4.98. The fourth-order valence-corrected chi connectivity index (χ4v) is 2.27. The molecule has 0 radical (unpaired) electrons. The van der Waals surface area contributed by atoms with Crippen molar-refractivity contribution in [1.82, 2.24) is 14.5 Å². The van der Waals surface area contributed by atoms with Gasteiger partial charge in [-0.15, -0.1) is 0 Å². The summed E-state index contributed by atoms with van der Waals surface area (Å²) < 4.78 is 1.98. The Kier molecular flexibility index (Phi) is 3.58. The van der Waals surface area contributed by atoms with E-state index >= 15 is 0 Å². The summed E-state index contributed by atoms with van der Waals surface area (Å²) in [7, 11) is 3.95. The van der Waals surface area contributed by atoms with Crippen LogP contribution in [0, 0.1) is 6.57 Å². The van der Waals surface area contributed by atoms with Gasteiger partial charge in [0.2, 0.25) is 0 Å². The molecule has 1 aromatic carbocycles. The van der Waals surface area contributed by atoms with Crippen LogP contribution >= 0.6 is 0 Å². The average Bonchev–Trinajstić information content (AvgIpc) is 2.93. The number of rotatable bonds is 3. The zero-order valence-electron chi connectivity index (χ0n) is 12.4. The van der Waals surface area contributed by atoms with Crippen LogP contribution in [-0.2, 0) is 7.05 Å². The van der Waals surface area contributed by atoms with E-state index in [0.29, 0.717) is 0 Å². The van der Waals surface area contributed by atoms with Gasteiger partial charge in [0.15, 0.2) is 6.20 Å². The summed E-state index contributed by atoms with van der Waals surface area (Å²) in [6.45, 7) is 6.76. The predicted octanol–water partition coefficient (Wildman–Crippen LogP) is 3.63. The summed E-state index contributed by atoms with van der Waals surface area (Å²) in [6.07, 6.45) is 6.82. The standard InChI is InChI=1S/C17H15N5/c1-18-9-8-13-4-6-14(7-5-13)22(3)17-10-16-15(11-19-17)20-12-21(16)2/h4-12H,2-3H3/b9-8+. The highest BCUT2D eigenvalue weighted by atomic mass is 15.2. The smallest absolute Gasteiger partial charge is 0.154 e. The minimum atomic E-state index is 0.862. The van der Waals surface area contributed by atoms with Crippen LogP contribution in [0.25, 0.3) is 22.0 Å². The molecule has 3 aromatic rings. The lowest BCUT2D eigenvalue weighted by molar-refractivity contribution is 0.946. The van der Waals surface area contributed by atoms with Crippen molar-refractivity contribution < 1.29 is 0 Å². The average molecular weight is 289 g/mol. The summed E-state index contributed by atoms with van der Waals surface area (Å²) in [4.78, 5) is 14.0. The molecule has 0 aliphatic carbocycles. The molecule has 0 N–H and O–H groups in total. The monoisotopic (exact) mass is 289 g/mol. The molecule has 2 heterocycles. The first-order chi connectivity index (χ1) is 10.7. The Morgan fingerprint density at radius 3 is 2.73 bits per heavy atom. The highest BCUT2D eigenvalue weighted by molar-refractivity contribution is 5.78. The Bertz CT molecular complexity index is 868. The molecule has 0 saturated carbocycles. The van der Waals surface area contributed by atoms with E-state index in [1.807, 2.05) is 53.9 Å². The van der Waals surface area contributed by atoms with Crippen LogP contribution in [0.3, 0.4) is 0 Å². The zero-order chi connectivity index (χ0) is 15.5. The second-order valence-corrected chi connectivity index (χ2v) is 4.98. The number of fused-ring (bicyclic) bond motifs is 1. The highest BCUT2D eigenvalue weighted by Gasteiger charge is 2.08. The Hall–Kier alpha value is -3.13. The van der Waals surface area contributed by atoms with Gasteiger partial charge in [-0.3, -0.25) is 0 Å².